The number of nitrogens with zero attached hydrogens (tertiary/aromatic N) is 1. The normalized spacial score (nSPS) is 13.7. The molecule has 29 heavy (non-hydrogen) atoms. The summed E-state index contributed by atoms with van der Waals surface area (Å²) in [6.45, 7) is 1.49. The van der Waals surface area contributed by atoms with Crippen LogP contribution in [0.3, 0.4) is 0 Å². The lowest BCUT2D eigenvalue weighted by molar-refractivity contribution is -0.137. The average Bonchev–Trinajstić information content (AvgIpc) is 2.95. The molecule has 0 unspecified atom stereocenters. The second-order valence-corrected chi connectivity index (χ2v) is 6.14. The molecule has 2 aromatic rings. The van der Waals surface area contributed by atoms with Crippen LogP contribution in [0.1, 0.15) is 17.5 Å². The Morgan fingerprint density at radius 3 is 2.48 bits per heavy atom. The van der Waals surface area contributed by atoms with Crippen molar-refractivity contribution in [3.63, 3.8) is 0 Å². The third-order valence-electron chi connectivity index (χ3n) is 4.02. The van der Waals surface area contributed by atoms with Gasteiger partial charge in [-0.2, -0.15) is 13.2 Å². The van der Waals surface area contributed by atoms with Crippen LogP contribution in [0.15, 0.2) is 47.5 Å². The number of nitrogens with one attached hydrogen (secondary N) is 2. The Morgan fingerprint density at radius 1 is 1.07 bits per heavy atom. The van der Waals surface area contributed by atoms with E-state index in [9.17, 15) is 13.2 Å². The van der Waals surface area contributed by atoms with Crippen LogP contribution in [-0.2, 0) is 6.18 Å². The maximum Gasteiger partial charge on any atom is 0.416 e. The fourth-order valence-electron chi connectivity index (χ4n) is 2.57. The lowest BCUT2D eigenvalue weighted by atomic mass is 10.1. The van der Waals surface area contributed by atoms with Gasteiger partial charge in [0.05, 0.1) is 25.3 Å². The maximum absolute atomic E-state index is 12.6. The SMILES string of the molecule is CN=C(NCC#Cc1ccc(C(F)(F)F)cc1)Nc1ccc2c(c1)OCCCO2. The van der Waals surface area contributed by atoms with E-state index in [-0.39, 0.29) is 6.54 Å². The number of benzene rings is 2. The summed E-state index contributed by atoms with van der Waals surface area (Å²) in [4.78, 5) is 4.13. The van der Waals surface area contributed by atoms with Gasteiger partial charge in [-0.05, 0) is 36.4 Å². The molecule has 1 heterocycles. The molecule has 2 N–H and O–H groups in total. The van der Waals surface area contributed by atoms with E-state index in [4.69, 9.17) is 9.47 Å². The van der Waals surface area contributed by atoms with E-state index in [1.807, 2.05) is 18.2 Å². The Bertz CT molecular complexity index is 929. The van der Waals surface area contributed by atoms with Crippen LogP contribution in [0, 0.1) is 11.8 Å². The minimum Gasteiger partial charge on any atom is -0.490 e. The van der Waals surface area contributed by atoms with Crippen LogP contribution < -0.4 is 20.1 Å². The highest BCUT2D eigenvalue weighted by Crippen LogP contribution is 2.32. The van der Waals surface area contributed by atoms with Crippen molar-refractivity contribution in [1.82, 2.24) is 5.32 Å². The molecule has 5 nitrogen and oxygen atoms in total. The summed E-state index contributed by atoms with van der Waals surface area (Å²) < 4.78 is 49.0. The molecule has 0 radical (unpaired) electrons. The summed E-state index contributed by atoms with van der Waals surface area (Å²) >= 11 is 0. The molecule has 1 aliphatic rings. The summed E-state index contributed by atoms with van der Waals surface area (Å²) in [7, 11) is 1.63. The first kappa shape index (κ1) is 20.4. The average molecular weight is 403 g/mol. The van der Waals surface area contributed by atoms with Crippen molar-refractivity contribution in [3.05, 3.63) is 53.6 Å². The molecule has 152 valence electrons. The largest absolute Gasteiger partial charge is 0.490 e. The lowest BCUT2D eigenvalue weighted by Crippen LogP contribution is -2.30. The highest BCUT2D eigenvalue weighted by molar-refractivity contribution is 5.94. The van der Waals surface area contributed by atoms with E-state index >= 15 is 0 Å². The zero-order chi connectivity index (χ0) is 20.7. The van der Waals surface area contributed by atoms with Crippen molar-refractivity contribution in [2.45, 2.75) is 12.6 Å². The fraction of sp³-hybridized carbons (Fsp3) is 0.286. The van der Waals surface area contributed by atoms with Crippen molar-refractivity contribution < 1.29 is 22.6 Å². The molecule has 2 aromatic carbocycles. The van der Waals surface area contributed by atoms with E-state index in [1.165, 1.54) is 12.1 Å². The minimum atomic E-state index is -4.35. The fourth-order valence-corrected chi connectivity index (χ4v) is 2.57. The first-order valence-electron chi connectivity index (χ1n) is 8.99. The highest BCUT2D eigenvalue weighted by atomic mass is 19.4. The molecule has 0 aliphatic carbocycles. The van der Waals surface area contributed by atoms with Crippen molar-refractivity contribution in [2.75, 3.05) is 32.1 Å². The van der Waals surface area contributed by atoms with Crippen LogP contribution in [0.25, 0.3) is 0 Å². The number of guanidine groups is 1. The van der Waals surface area contributed by atoms with Crippen molar-refractivity contribution in [1.29, 1.82) is 0 Å². The predicted molar refractivity (Wildman–Crippen MR) is 105 cm³/mol. The molecule has 8 heteroatoms. The zero-order valence-corrected chi connectivity index (χ0v) is 15.8. The topological polar surface area (TPSA) is 54.9 Å². The van der Waals surface area contributed by atoms with E-state index in [0.717, 1.165) is 24.2 Å². The second kappa shape index (κ2) is 9.24. The van der Waals surface area contributed by atoms with Gasteiger partial charge in [0.25, 0.3) is 0 Å². The summed E-state index contributed by atoms with van der Waals surface area (Å²) in [5, 5.41) is 6.16. The number of hydrogen-bond acceptors (Lipinski definition) is 3. The molecule has 0 bridgehead atoms. The standard InChI is InChI=1S/C21H20F3N3O2/c1-25-20(27-17-9-10-18-19(14-17)29-13-3-12-28-18)26-11-2-4-15-5-7-16(8-6-15)21(22,23)24/h5-10,14H,3,11-13H2,1H3,(H2,25,26,27). The number of fused-ring (bicyclic) bond motifs is 1. The Kier molecular flexibility index (Phi) is 6.50. The van der Waals surface area contributed by atoms with Gasteiger partial charge in [0.15, 0.2) is 17.5 Å². The second-order valence-electron chi connectivity index (χ2n) is 6.14. The quantitative estimate of drug-likeness (QED) is 0.454. The summed E-state index contributed by atoms with van der Waals surface area (Å²) in [5.41, 5.74) is 0.588. The number of rotatable bonds is 2. The van der Waals surface area contributed by atoms with Gasteiger partial charge in [0, 0.05) is 30.8 Å². The number of hydrogen-bond donors (Lipinski definition) is 2. The molecular weight excluding hydrogens is 383 g/mol. The molecule has 0 aromatic heterocycles. The molecule has 0 atom stereocenters. The van der Waals surface area contributed by atoms with Crippen molar-refractivity contribution >= 4 is 11.6 Å². The molecule has 0 saturated carbocycles. The molecular formula is C21H20F3N3O2. The minimum absolute atomic E-state index is 0.269. The molecule has 0 spiro atoms. The predicted octanol–water partition coefficient (Wildman–Crippen LogP) is 3.91. The van der Waals surface area contributed by atoms with Gasteiger partial charge in [0.1, 0.15) is 0 Å². The van der Waals surface area contributed by atoms with Gasteiger partial charge in [-0.15, -0.1) is 0 Å². The van der Waals surface area contributed by atoms with Crippen LogP contribution in [-0.4, -0.2) is 32.8 Å². The molecule has 3 rings (SSSR count). The molecule has 0 fully saturated rings. The molecule has 0 amide bonds. The van der Waals surface area contributed by atoms with E-state index in [1.54, 1.807) is 7.05 Å². The Balaban J connectivity index is 1.55. The monoisotopic (exact) mass is 403 g/mol. The number of halogens is 3. The summed E-state index contributed by atoms with van der Waals surface area (Å²) in [6.07, 6.45) is -3.52. The Morgan fingerprint density at radius 2 is 1.79 bits per heavy atom. The lowest BCUT2D eigenvalue weighted by Gasteiger charge is -2.12. The van der Waals surface area contributed by atoms with Crippen LogP contribution >= 0.6 is 0 Å². The first-order valence-corrected chi connectivity index (χ1v) is 8.99. The number of ether oxygens (including phenoxy) is 2. The molecule has 1 aliphatic heterocycles. The number of alkyl halides is 3. The number of aliphatic imine (C=N–C) groups is 1. The zero-order valence-electron chi connectivity index (χ0n) is 15.8. The van der Waals surface area contributed by atoms with E-state index < -0.39 is 11.7 Å². The maximum atomic E-state index is 12.6. The van der Waals surface area contributed by atoms with Gasteiger partial charge in [0.2, 0.25) is 0 Å². The highest BCUT2D eigenvalue weighted by Gasteiger charge is 2.29. The van der Waals surface area contributed by atoms with Crippen molar-refractivity contribution in [2.24, 2.45) is 4.99 Å². The Hall–Kier alpha value is -3.34. The van der Waals surface area contributed by atoms with Crippen LogP contribution in [0.4, 0.5) is 18.9 Å². The van der Waals surface area contributed by atoms with Gasteiger partial charge in [-0.3, -0.25) is 4.99 Å². The van der Waals surface area contributed by atoms with Gasteiger partial charge >= 0.3 is 6.18 Å². The van der Waals surface area contributed by atoms with Crippen LogP contribution in [0.2, 0.25) is 0 Å². The van der Waals surface area contributed by atoms with Gasteiger partial charge in [-0.1, -0.05) is 11.8 Å². The number of anilines is 1. The van der Waals surface area contributed by atoms with Crippen molar-refractivity contribution in [3.8, 4) is 23.3 Å². The first-order chi connectivity index (χ1) is 14.0. The summed E-state index contributed by atoms with van der Waals surface area (Å²) in [5.74, 6) is 7.56. The van der Waals surface area contributed by atoms with E-state index in [0.29, 0.717) is 36.2 Å². The van der Waals surface area contributed by atoms with Crippen LogP contribution in [0.5, 0.6) is 11.5 Å². The Labute approximate surface area is 166 Å². The van der Waals surface area contributed by atoms with Gasteiger partial charge in [-0.25, -0.2) is 0 Å². The smallest absolute Gasteiger partial charge is 0.416 e. The molecule has 0 saturated heterocycles. The van der Waals surface area contributed by atoms with E-state index in [2.05, 4.69) is 27.5 Å². The third-order valence-corrected chi connectivity index (χ3v) is 4.02. The van der Waals surface area contributed by atoms with Gasteiger partial charge < -0.3 is 20.1 Å². The third kappa shape index (κ3) is 5.82. The summed E-state index contributed by atoms with van der Waals surface area (Å²) in [6, 6.07) is 10.3.